The van der Waals surface area contributed by atoms with E-state index in [1.54, 1.807) is 88.3 Å². The second kappa shape index (κ2) is 34.4. The van der Waals surface area contributed by atoms with Gasteiger partial charge in [-0.05, 0) is 207 Å². The van der Waals surface area contributed by atoms with Gasteiger partial charge in [0.2, 0.25) is 11.9 Å². The fourth-order valence-corrected chi connectivity index (χ4v) is 14.9. The molecule has 0 atom stereocenters. The molecule has 27 nitrogen and oxygen atoms in total. The van der Waals surface area contributed by atoms with E-state index in [2.05, 4.69) is 72.2 Å². The van der Waals surface area contributed by atoms with E-state index in [9.17, 15) is 31.5 Å². The molecule has 586 valence electrons. The van der Waals surface area contributed by atoms with Crippen molar-refractivity contribution in [1.29, 1.82) is 0 Å². The Hall–Kier alpha value is -12.6. The lowest BCUT2D eigenvalue weighted by atomic mass is 9.91. The summed E-state index contributed by atoms with van der Waals surface area (Å²) in [5.41, 5.74) is 17.5. The van der Waals surface area contributed by atoms with Crippen molar-refractivity contribution in [3.05, 3.63) is 233 Å². The SMILES string of the molecule is CC(=O)Nc1cn2nc(-c3c(-c4ccc(F)cc4)noc3C3CCOCC3)ccc2n1.Fc1ccc(-c2noc(C3CCOCC3)c2Br)cc1.Nc1cn2nc(-c3c(-c4ccc(F)cc4)noc3C3CCOCC3)ccc2n1.O=C(Nc1cn2nc(-c3c(-c4ccc(F)cc4)noc3C3CCOCC3)ccc2n1)c1ccnc(F)c1. The number of nitrogens with zero attached hydrogens (tertiary/aromatic N) is 14. The molecule has 33 heteroatoms. The molecule has 4 aliphatic heterocycles. The van der Waals surface area contributed by atoms with Crippen LogP contribution in [0.25, 0.3) is 95.7 Å². The van der Waals surface area contributed by atoms with E-state index in [1.165, 1.54) is 72.2 Å². The highest BCUT2D eigenvalue weighted by molar-refractivity contribution is 9.10. The number of nitrogens with one attached hydrogen (secondary N) is 2. The molecule has 0 aliphatic carbocycles. The predicted octanol–water partition coefficient (Wildman–Crippen LogP) is 16.7. The third-order valence-corrected chi connectivity index (χ3v) is 20.7. The van der Waals surface area contributed by atoms with Crippen molar-refractivity contribution in [3.8, 4) is 78.8 Å². The van der Waals surface area contributed by atoms with E-state index < -0.39 is 11.9 Å². The Morgan fingerprint density at radius 2 is 0.748 bits per heavy atom. The number of nitrogen functional groups attached to an aromatic ring is 1. The van der Waals surface area contributed by atoms with Crippen LogP contribution in [0.4, 0.5) is 39.4 Å². The number of imidazole rings is 3. The van der Waals surface area contributed by atoms with E-state index in [1.807, 2.05) is 24.3 Å². The van der Waals surface area contributed by atoms with Crippen molar-refractivity contribution in [1.82, 2.24) is 69.4 Å². The van der Waals surface area contributed by atoms with Gasteiger partial charge in [0.05, 0.1) is 56.8 Å². The highest BCUT2D eigenvalue weighted by Gasteiger charge is 2.33. The summed E-state index contributed by atoms with van der Waals surface area (Å²) in [5.74, 6) is 2.24. The first-order chi connectivity index (χ1) is 56.1. The van der Waals surface area contributed by atoms with Gasteiger partial charge in [0, 0.05) is 124 Å². The Kier molecular flexibility index (Phi) is 22.9. The fourth-order valence-electron chi connectivity index (χ4n) is 14.2. The Labute approximate surface area is 659 Å². The van der Waals surface area contributed by atoms with E-state index >= 15 is 0 Å². The Morgan fingerprint density at radius 3 is 1.12 bits per heavy atom. The van der Waals surface area contributed by atoms with Crippen LogP contribution in [-0.2, 0) is 23.7 Å². The zero-order valence-electron chi connectivity index (χ0n) is 61.5. The molecule has 0 saturated carbocycles. The summed E-state index contributed by atoms with van der Waals surface area (Å²) in [5, 5.41) is 36.5. The molecule has 4 N–H and O–H groups in total. The summed E-state index contributed by atoms with van der Waals surface area (Å²) in [6.45, 7) is 6.85. The van der Waals surface area contributed by atoms with Gasteiger partial charge < -0.3 is 53.4 Å². The number of ether oxygens (including phenoxy) is 4. The average Bonchev–Trinajstić information content (AvgIpc) is 1.63. The van der Waals surface area contributed by atoms with Crippen LogP contribution in [0.2, 0.25) is 0 Å². The number of rotatable bonds is 14. The van der Waals surface area contributed by atoms with Crippen LogP contribution < -0.4 is 16.4 Å². The third-order valence-electron chi connectivity index (χ3n) is 19.9. The van der Waals surface area contributed by atoms with Crippen LogP contribution in [0, 0.1) is 29.2 Å². The van der Waals surface area contributed by atoms with Gasteiger partial charge in [-0.15, -0.1) is 0 Å². The number of amides is 2. The molecule has 15 heterocycles. The second-order valence-electron chi connectivity index (χ2n) is 27.6. The van der Waals surface area contributed by atoms with E-state index in [-0.39, 0.29) is 58.3 Å². The molecule has 4 fully saturated rings. The molecule has 115 heavy (non-hydrogen) atoms. The third kappa shape index (κ3) is 17.4. The molecule has 15 aromatic rings. The molecule has 4 saturated heterocycles. The molecular formula is C82H71BrF5N17O10. The minimum Gasteiger partial charge on any atom is -0.382 e. The molecule has 0 unspecified atom stereocenters. The standard InChI is InChI=1S/C26H20F2N6O3.C22H20FN5O3.C20H18FN5O2.C14H13BrFNO2/c27-18-3-1-15(2-4-18)24-23(25(37-33-24)16-8-11-36-12-9-16)19-5-6-22-30-21(14-34(22)32-19)31-26(35)17-7-10-29-20(28)13-17;1-13(29)24-18-12-28-19(25-18)7-6-17(26-28)20-21(14-2-4-16(23)5-3-14)27-31-22(20)15-8-10-30-11-9-15;21-14-3-1-12(2-4-14)19-18(20(28-25-19)13-7-9-27-10-8-13)15-5-6-17-23-16(22)11-26(17)24-15;15-12-13(9-1-3-11(16)4-2-9)17-19-14(12)10-5-7-18-8-6-10/h1-7,10,13-14,16H,8-9,11-12H2,(H,31,35);2-7,12,15H,8-11H2,1H3,(H,24,29);1-6,11,13H,7-10,22H2;1-4,10H,5-8H2. The zero-order chi connectivity index (χ0) is 79.1. The number of pyridine rings is 1. The number of benzene rings is 4. The maximum Gasteiger partial charge on any atom is 0.257 e. The van der Waals surface area contributed by atoms with Crippen LogP contribution in [0.5, 0.6) is 0 Å². The summed E-state index contributed by atoms with van der Waals surface area (Å²) in [6.07, 6.45) is 12.9. The number of carbonyl (C=O) groups is 2. The van der Waals surface area contributed by atoms with E-state index in [0.717, 1.165) is 126 Å². The molecule has 0 bridgehead atoms. The highest BCUT2D eigenvalue weighted by atomic mass is 79.9. The fraction of sp³-hybridized carbons (Fsp3) is 0.256. The molecule has 0 spiro atoms. The molecule has 4 aromatic carbocycles. The van der Waals surface area contributed by atoms with E-state index in [4.69, 9.17) is 53.0 Å². The minimum absolute atomic E-state index is 0.0985. The van der Waals surface area contributed by atoms with Crippen LogP contribution in [0.15, 0.2) is 193 Å². The second-order valence-corrected chi connectivity index (χ2v) is 28.4. The topological polar surface area (TPSA) is 329 Å². The van der Waals surface area contributed by atoms with Gasteiger partial charge in [0.15, 0.2) is 34.3 Å². The number of hydrogen-bond donors (Lipinski definition) is 3. The quantitative estimate of drug-likeness (QED) is 0.0672. The number of anilines is 3. The van der Waals surface area contributed by atoms with Crippen LogP contribution in [0.3, 0.4) is 0 Å². The van der Waals surface area contributed by atoms with Crippen molar-refractivity contribution < 1.29 is 68.6 Å². The monoisotopic (exact) mass is 1630 g/mol. The van der Waals surface area contributed by atoms with Crippen LogP contribution in [0.1, 0.15) is 115 Å². The average molecular weight is 1630 g/mol. The van der Waals surface area contributed by atoms with Crippen molar-refractivity contribution in [2.24, 2.45) is 0 Å². The van der Waals surface area contributed by atoms with Crippen molar-refractivity contribution >= 4 is 62.1 Å². The zero-order valence-corrected chi connectivity index (χ0v) is 63.1. The lowest BCUT2D eigenvalue weighted by molar-refractivity contribution is -0.114. The number of hydrogen-bond acceptors (Lipinski definition) is 22. The first-order valence-electron chi connectivity index (χ1n) is 37.1. The summed E-state index contributed by atoms with van der Waals surface area (Å²) >= 11 is 3.55. The summed E-state index contributed by atoms with van der Waals surface area (Å²) < 4.78 is 117. The molecule has 4 aliphatic rings. The van der Waals surface area contributed by atoms with Gasteiger partial charge in [-0.25, -0.2) is 51.0 Å². The van der Waals surface area contributed by atoms with Crippen molar-refractivity contribution in [3.63, 3.8) is 0 Å². The largest absolute Gasteiger partial charge is 0.382 e. The molecular weight excluding hydrogens is 1560 g/mol. The first-order valence-corrected chi connectivity index (χ1v) is 37.9. The number of halogens is 6. The smallest absolute Gasteiger partial charge is 0.257 e. The van der Waals surface area contributed by atoms with Crippen molar-refractivity contribution in [2.75, 3.05) is 69.2 Å². The van der Waals surface area contributed by atoms with Crippen LogP contribution >= 0.6 is 15.9 Å². The molecule has 11 aromatic heterocycles. The highest BCUT2D eigenvalue weighted by Crippen LogP contribution is 2.45. The molecule has 2 amide bonds. The lowest BCUT2D eigenvalue weighted by Crippen LogP contribution is -2.14. The predicted molar refractivity (Wildman–Crippen MR) is 413 cm³/mol. The van der Waals surface area contributed by atoms with Gasteiger partial charge >= 0.3 is 0 Å². The van der Waals surface area contributed by atoms with Gasteiger partial charge in [0.25, 0.3) is 5.91 Å². The summed E-state index contributed by atoms with van der Waals surface area (Å²) in [6, 6.07) is 38.1. The number of aromatic nitrogens is 14. The lowest BCUT2D eigenvalue weighted by Gasteiger charge is -2.20. The van der Waals surface area contributed by atoms with Crippen LogP contribution in [-0.4, -0.2) is 134 Å². The maximum atomic E-state index is 13.6. The van der Waals surface area contributed by atoms with Gasteiger partial charge in [-0.2, -0.15) is 19.7 Å². The maximum absolute atomic E-state index is 13.6. The van der Waals surface area contributed by atoms with Gasteiger partial charge in [-0.3, -0.25) is 9.59 Å². The summed E-state index contributed by atoms with van der Waals surface area (Å²) in [4.78, 5) is 40.3. The minimum atomic E-state index is -0.750. The number of nitrogens with two attached hydrogens (primary N) is 1. The number of carbonyl (C=O) groups excluding carboxylic acids is 2. The normalized spacial score (nSPS) is 15.1. The Bertz CT molecular complexity index is 5930. The first kappa shape index (κ1) is 76.4. The van der Waals surface area contributed by atoms with Gasteiger partial charge in [0.1, 0.15) is 69.1 Å². The summed E-state index contributed by atoms with van der Waals surface area (Å²) in [7, 11) is 0. The van der Waals surface area contributed by atoms with Gasteiger partial charge in [-0.1, -0.05) is 20.6 Å². The molecule has 19 rings (SSSR count). The van der Waals surface area contributed by atoms with E-state index in [0.29, 0.717) is 125 Å². The number of fused-ring (bicyclic) bond motifs is 3. The van der Waals surface area contributed by atoms with Crippen molar-refractivity contribution in [2.45, 2.75) is 82.0 Å². The molecule has 0 radical (unpaired) electrons. The Balaban J connectivity index is 0.000000118. The Morgan fingerprint density at radius 1 is 0.417 bits per heavy atom.